The summed E-state index contributed by atoms with van der Waals surface area (Å²) in [7, 11) is 1.15. The Morgan fingerprint density at radius 3 is 2.54 bits per heavy atom. The van der Waals surface area contributed by atoms with Crippen LogP contribution in [0.3, 0.4) is 0 Å². The van der Waals surface area contributed by atoms with Crippen LogP contribution < -0.4 is 0 Å². The van der Waals surface area contributed by atoms with E-state index < -0.39 is 26.7 Å². The lowest BCUT2D eigenvalue weighted by Crippen LogP contribution is -2.32. The van der Waals surface area contributed by atoms with Crippen molar-refractivity contribution >= 4 is 32.3 Å². The summed E-state index contributed by atoms with van der Waals surface area (Å²) < 4.78 is 42.1. The Hall–Kier alpha value is -2.93. The molecule has 2 atom stereocenters. The van der Waals surface area contributed by atoms with Crippen LogP contribution in [0, 0.1) is 0 Å². The first kappa shape index (κ1) is 25.7. The summed E-state index contributed by atoms with van der Waals surface area (Å²) in [6, 6.07) is 5.79. The number of nitrogens with zero attached hydrogens (tertiary/aromatic N) is 7. The number of aryl methyl sites for hydroxylation is 1. The molecule has 4 aromatic rings. The van der Waals surface area contributed by atoms with Crippen molar-refractivity contribution in [1.82, 2.24) is 34.5 Å². The lowest BCUT2D eigenvalue weighted by atomic mass is 10.1. The van der Waals surface area contributed by atoms with E-state index >= 15 is 0 Å². The third kappa shape index (κ3) is 4.74. The molecule has 0 bridgehead atoms. The van der Waals surface area contributed by atoms with E-state index in [1.807, 2.05) is 36.0 Å². The summed E-state index contributed by atoms with van der Waals surface area (Å²) in [5.41, 5.74) is 1.24. The molecule has 0 amide bonds. The summed E-state index contributed by atoms with van der Waals surface area (Å²) in [5.74, 6) is 0.856. The van der Waals surface area contributed by atoms with E-state index in [4.69, 9.17) is 21.1 Å². The third-order valence-corrected chi connectivity index (χ3v) is 9.06. The van der Waals surface area contributed by atoms with Gasteiger partial charge in [-0.2, -0.15) is 5.10 Å². The first-order valence-corrected chi connectivity index (χ1v) is 13.9. The Bertz CT molecular complexity index is 1530. The van der Waals surface area contributed by atoms with Crippen LogP contribution in [0.5, 0.6) is 0 Å². The van der Waals surface area contributed by atoms with Gasteiger partial charge in [0.25, 0.3) is 0 Å². The van der Waals surface area contributed by atoms with Crippen molar-refractivity contribution in [2.45, 2.75) is 42.4 Å². The molecule has 0 unspecified atom stereocenters. The molecule has 5 rings (SSSR count). The number of sulfone groups is 1. The molecule has 11 nitrogen and oxygen atoms in total. The van der Waals surface area contributed by atoms with Gasteiger partial charge in [-0.25, -0.2) is 18.4 Å². The highest BCUT2D eigenvalue weighted by molar-refractivity contribution is 7.91. The SMILES string of the molecule is COCC1(n2c(CS(=O)(=O)[C@@H](C)[C@H](OC)c3ncc(Cl)cn3)nnc2-c2cccc3nn(C)cc23)CC1. The van der Waals surface area contributed by atoms with Crippen molar-refractivity contribution in [2.75, 3.05) is 20.8 Å². The summed E-state index contributed by atoms with van der Waals surface area (Å²) in [6.07, 6.45) is 5.54. The smallest absolute Gasteiger partial charge is 0.165 e. The van der Waals surface area contributed by atoms with Gasteiger partial charge in [0, 0.05) is 50.8 Å². The number of hydrogen-bond acceptors (Lipinski definition) is 9. The molecule has 37 heavy (non-hydrogen) atoms. The second-order valence-electron chi connectivity index (χ2n) is 9.40. The van der Waals surface area contributed by atoms with Crippen LogP contribution in [0.4, 0.5) is 0 Å². The van der Waals surface area contributed by atoms with Crippen molar-refractivity contribution in [2.24, 2.45) is 7.05 Å². The number of aromatic nitrogens is 7. The van der Waals surface area contributed by atoms with Gasteiger partial charge in [-0.15, -0.1) is 10.2 Å². The Morgan fingerprint density at radius 1 is 1.16 bits per heavy atom. The monoisotopic (exact) mass is 545 g/mol. The van der Waals surface area contributed by atoms with Crippen LogP contribution in [-0.2, 0) is 37.7 Å². The van der Waals surface area contributed by atoms with E-state index in [9.17, 15) is 8.42 Å². The van der Waals surface area contributed by atoms with Crippen LogP contribution in [0.1, 0.15) is 37.5 Å². The van der Waals surface area contributed by atoms with Gasteiger partial charge < -0.3 is 14.0 Å². The number of fused-ring (bicyclic) bond motifs is 1. The predicted octanol–water partition coefficient (Wildman–Crippen LogP) is 3.10. The lowest BCUT2D eigenvalue weighted by Gasteiger charge is -2.24. The second-order valence-corrected chi connectivity index (χ2v) is 12.2. The molecule has 0 radical (unpaired) electrons. The molecule has 1 fully saturated rings. The van der Waals surface area contributed by atoms with Crippen molar-refractivity contribution < 1.29 is 17.9 Å². The zero-order chi connectivity index (χ0) is 26.4. The fourth-order valence-corrected chi connectivity index (χ4v) is 6.28. The van der Waals surface area contributed by atoms with E-state index in [-0.39, 0.29) is 11.6 Å². The highest BCUT2D eigenvalue weighted by Gasteiger charge is 2.48. The average Bonchev–Trinajstić information content (AvgIpc) is 3.34. The topological polar surface area (TPSA) is 127 Å². The van der Waals surface area contributed by atoms with Crippen molar-refractivity contribution in [1.29, 1.82) is 0 Å². The highest BCUT2D eigenvalue weighted by Crippen LogP contribution is 2.47. The first-order chi connectivity index (χ1) is 17.7. The number of ether oxygens (including phenoxy) is 2. The van der Waals surface area contributed by atoms with E-state index in [1.165, 1.54) is 19.5 Å². The van der Waals surface area contributed by atoms with Crippen LogP contribution >= 0.6 is 11.6 Å². The van der Waals surface area contributed by atoms with Gasteiger partial charge in [0.05, 0.1) is 27.9 Å². The Morgan fingerprint density at radius 2 is 1.89 bits per heavy atom. The number of rotatable bonds is 10. The van der Waals surface area contributed by atoms with Crippen molar-refractivity contribution in [3.63, 3.8) is 0 Å². The summed E-state index contributed by atoms with van der Waals surface area (Å²) in [4.78, 5) is 8.33. The second kappa shape index (κ2) is 9.75. The average molecular weight is 546 g/mol. The number of halogens is 1. The molecule has 0 N–H and O–H groups in total. The zero-order valence-corrected chi connectivity index (χ0v) is 22.6. The van der Waals surface area contributed by atoms with E-state index in [0.29, 0.717) is 23.3 Å². The Labute approximate surface area is 219 Å². The maximum Gasteiger partial charge on any atom is 0.165 e. The number of methoxy groups -OCH3 is 2. The van der Waals surface area contributed by atoms with Crippen molar-refractivity contribution in [3.8, 4) is 11.4 Å². The van der Waals surface area contributed by atoms with Gasteiger partial charge in [-0.05, 0) is 25.8 Å². The number of hydrogen-bond donors (Lipinski definition) is 0. The van der Waals surface area contributed by atoms with Crippen LogP contribution in [0.2, 0.25) is 5.02 Å². The molecule has 3 heterocycles. The molecule has 0 saturated heterocycles. The Balaban J connectivity index is 1.56. The molecule has 0 aliphatic heterocycles. The van der Waals surface area contributed by atoms with Gasteiger partial charge in [0.15, 0.2) is 21.5 Å². The fraction of sp³-hybridized carbons (Fsp3) is 0.458. The summed E-state index contributed by atoms with van der Waals surface area (Å²) in [5, 5.41) is 13.7. The van der Waals surface area contributed by atoms with Crippen molar-refractivity contribution in [3.05, 3.63) is 53.5 Å². The summed E-state index contributed by atoms with van der Waals surface area (Å²) >= 11 is 5.90. The zero-order valence-electron chi connectivity index (χ0n) is 21.0. The molecule has 1 aromatic carbocycles. The largest absolute Gasteiger partial charge is 0.382 e. The van der Waals surface area contributed by atoms with Gasteiger partial charge in [-0.3, -0.25) is 4.68 Å². The van der Waals surface area contributed by atoms with Gasteiger partial charge in [-0.1, -0.05) is 23.7 Å². The highest BCUT2D eigenvalue weighted by atomic mass is 35.5. The molecule has 1 saturated carbocycles. The minimum atomic E-state index is -3.78. The third-order valence-electron chi connectivity index (χ3n) is 6.82. The van der Waals surface area contributed by atoms with Gasteiger partial charge >= 0.3 is 0 Å². The normalized spacial score (nSPS) is 16.7. The standard InChI is InChI=1S/C24H28ClN7O4S/c1-15(21(36-4)22-26-10-16(25)11-27-22)37(33,34)13-20-28-29-23(32(20)24(8-9-24)14-35-3)17-6-5-7-19-18(17)12-31(2)30-19/h5-7,10-12,15,21H,8-9,13-14H2,1-4H3/t15-,21-/m0/s1. The predicted molar refractivity (Wildman–Crippen MR) is 138 cm³/mol. The Kier molecular flexibility index (Phi) is 6.77. The first-order valence-electron chi connectivity index (χ1n) is 11.8. The lowest BCUT2D eigenvalue weighted by molar-refractivity contribution is 0.0948. The molecule has 3 aromatic heterocycles. The van der Waals surface area contributed by atoms with E-state index in [1.54, 1.807) is 18.7 Å². The molecule has 13 heteroatoms. The fourth-order valence-electron chi connectivity index (χ4n) is 4.76. The minimum absolute atomic E-state index is 0.242. The molecule has 196 valence electrons. The van der Waals surface area contributed by atoms with Gasteiger partial charge in [0.1, 0.15) is 17.7 Å². The van der Waals surface area contributed by atoms with E-state index in [0.717, 1.165) is 29.3 Å². The molecular weight excluding hydrogens is 518 g/mol. The molecule has 0 spiro atoms. The molecule has 1 aliphatic rings. The maximum atomic E-state index is 13.7. The number of benzene rings is 1. The molecule has 1 aliphatic carbocycles. The van der Waals surface area contributed by atoms with Crippen LogP contribution in [0.15, 0.2) is 36.8 Å². The van der Waals surface area contributed by atoms with Crippen LogP contribution in [-0.4, -0.2) is 69.0 Å². The minimum Gasteiger partial charge on any atom is -0.382 e. The van der Waals surface area contributed by atoms with E-state index in [2.05, 4.69) is 25.3 Å². The molecular formula is C24H28ClN7O4S. The quantitative estimate of drug-likeness (QED) is 0.295. The van der Waals surface area contributed by atoms with Gasteiger partial charge in [0.2, 0.25) is 0 Å². The summed E-state index contributed by atoms with van der Waals surface area (Å²) in [6.45, 7) is 2.00. The van der Waals surface area contributed by atoms with Crippen LogP contribution in [0.25, 0.3) is 22.3 Å². The maximum absolute atomic E-state index is 13.7.